The molecule has 0 radical (unpaired) electrons. The van der Waals surface area contributed by atoms with Crippen LogP contribution in [-0.2, 0) is 0 Å². The fourth-order valence-electron chi connectivity index (χ4n) is 4.25. The first-order chi connectivity index (χ1) is 8.83. The summed E-state index contributed by atoms with van der Waals surface area (Å²) >= 11 is 0. The van der Waals surface area contributed by atoms with Crippen LogP contribution in [0.1, 0.15) is 77.6 Å². The Balaban J connectivity index is 1.82. The molecule has 18 heavy (non-hydrogen) atoms. The Hall–Kier alpha value is -0.0800. The predicted molar refractivity (Wildman–Crippen MR) is 78.0 cm³/mol. The van der Waals surface area contributed by atoms with E-state index in [1.807, 2.05) is 0 Å². The topological polar surface area (TPSA) is 38.0 Å². The van der Waals surface area contributed by atoms with Crippen LogP contribution in [0.25, 0.3) is 0 Å². The van der Waals surface area contributed by atoms with Crippen LogP contribution in [0.4, 0.5) is 0 Å². The molecule has 3 N–H and O–H groups in total. The first kappa shape index (κ1) is 14.3. The normalized spacial score (nSPS) is 32.3. The molecule has 0 aromatic rings. The third kappa shape index (κ3) is 3.96. The first-order valence-electron chi connectivity index (χ1n) is 8.29. The van der Waals surface area contributed by atoms with Gasteiger partial charge >= 0.3 is 0 Å². The van der Waals surface area contributed by atoms with Gasteiger partial charge in [0.05, 0.1) is 0 Å². The number of hydrazine groups is 1. The Morgan fingerprint density at radius 3 is 2.39 bits per heavy atom. The average molecular weight is 252 g/mol. The molecule has 0 saturated heterocycles. The van der Waals surface area contributed by atoms with Crippen LogP contribution >= 0.6 is 0 Å². The van der Waals surface area contributed by atoms with E-state index < -0.39 is 0 Å². The highest BCUT2D eigenvalue weighted by atomic mass is 15.2. The fourth-order valence-corrected chi connectivity index (χ4v) is 4.25. The SMILES string of the molecule is CCC1CCCC(C(CC2CCCCC2)NN)C1. The van der Waals surface area contributed by atoms with Gasteiger partial charge in [-0.15, -0.1) is 0 Å². The minimum absolute atomic E-state index is 0.586. The molecule has 2 aliphatic rings. The van der Waals surface area contributed by atoms with Crippen LogP contribution < -0.4 is 11.3 Å². The van der Waals surface area contributed by atoms with Crippen molar-refractivity contribution in [3.8, 4) is 0 Å². The summed E-state index contributed by atoms with van der Waals surface area (Å²) < 4.78 is 0. The Morgan fingerprint density at radius 2 is 1.72 bits per heavy atom. The van der Waals surface area contributed by atoms with Crippen molar-refractivity contribution in [1.82, 2.24) is 5.43 Å². The lowest BCUT2D eigenvalue weighted by molar-refractivity contribution is 0.177. The number of nitrogens with two attached hydrogens (primary N) is 1. The van der Waals surface area contributed by atoms with E-state index in [0.717, 1.165) is 17.8 Å². The van der Waals surface area contributed by atoms with Gasteiger partial charge in [0.1, 0.15) is 0 Å². The van der Waals surface area contributed by atoms with Gasteiger partial charge < -0.3 is 0 Å². The molecule has 0 aromatic carbocycles. The summed E-state index contributed by atoms with van der Waals surface area (Å²) in [5.41, 5.74) is 3.16. The largest absolute Gasteiger partial charge is 0.271 e. The van der Waals surface area contributed by atoms with Crippen molar-refractivity contribution in [2.45, 2.75) is 83.6 Å². The lowest BCUT2D eigenvalue weighted by Gasteiger charge is -2.36. The molecule has 0 heterocycles. The maximum absolute atomic E-state index is 5.86. The van der Waals surface area contributed by atoms with Gasteiger partial charge in [0.25, 0.3) is 0 Å². The van der Waals surface area contributed by atoms with E-state index in [2.05, 4.69) is 12.3 Å². The number of nitrogens with one attached hydrogen (secondary N) is 1. The molecule has 0 amide bonds. The molecular weight excluding hydrogens is 220 g/mol. The van der Waals surface area contributed by atoms with Crippen LogP contribution in [0.3, 0.4) is 0 Å². The molecule has 2 fully saturated rings. The van der Waals surface area contributed by atoms with Crippen LogP contribution in [-0.4, -0.2) is 6.04 Å². The van der Waals surface area contributed by atoms with E-state index in [1.54, 1.807) is 0 Å². The number of rotatable bonds is 5. The fraction of sp³-hybridized carbons (Fsp3) is 1.00. The first-order valence-corrected chi connectivity index (χ1v) is 8.29. The third-order valence-electron chi connectivity index (χ3n) is 5.50. The van der Waals surface area contributed by atoms with E-state index in [4.69, 9.17) is 5.84 Å². The molecule has 106 valence electrons. The zero-order valence-corrected chi connectivity index (χ0v) is 12.2. The highest BCUT2D eigenvalue weighted by Crippen LogP contribution is 2.36. The molecule has 3 atom stereocenters. The summed E-state index contributed by atoms with van der Waals surface area (Å²) in [6.45, 7) is 2.35. The van der Waals surface area contributed by atoms with Crippen LogP contribution in [0.5, 0.6) is 0 Å². The summed E-state index contributed by atoms with van der Waals surface area (Å²) in [6.07, 6.45) is 15.6. The second kappa shape index (κ2) is 7.49. The van der Waals surface area contributed by atoms with E-state index in [-0.39, 0.29) is 0 Å². The molecule has 2 nitrogen and oxygen atoms in total. The van der Waals surface area contributed by atoms with Crippen LogP contribution in [0.15, 0.2) is 0 Å². The van der Waals surface area contributed by atoms with Gasteiger partial charge in [-0.1, -0.05) is 58.3 Å². The molecule has 2 saturated carbocycles. The van der Waals surface area contributed by atoms with Crippen LogP contribution in [0, 0.1) is 17.8 Å². The Labute approximate surface area is 113 Å². The quantitative estimate of drug-likeness (QED) is 0.573. The van der Waals surface area contributed by atoms with Crippen molar-refractivity contribution in [3.05, 3.63) is 0 Å². The third-order valence-corrected chi connectivity index (χ3v) is 5.50. The minimum Gasteiger partial charge on any atom is -0.271 e. The van der Waals surface area contributed by atoms with Crippen molar-refractivity contribution in [2.24, 2.45) is 23.6 Å². The van der Waals surface area contributed by atoms with E-state index in [9.17, 15) is 0 Å². The lowest BCUT2D eigenvalue weighted by atomic mass is 9.73. The Bertz CT molecular complexity index is 223. The van der Waals surface area contributed by atoms with E-state index in [0.29, 0.717) is 6.04 Å². The lowest BCUT2D eigenvalue weighted by Crippen LogP contribution is -2.44. The Morgan fingerprint density at radius 1 is 1.00 bits per heavy atom. The smallest absolute Gasteiger partial charge is 0.0241 e. The second-order valence-electron chi connectivity index (χ2n) is 6.71. The average Bonchev–Trinajstić information content (AvgIpc) is 2.46. The van der Waals surface area contributed by atoms with E-state index >= 15 is 0 Å². The van der Waals surface area contributed by atoms with Gasteiger partial charge in [0.2, 0.25) is 0 Å². The second-order valence-corrected chi connectivity index (χ2v) is 6.71. The van der Waals surface area contributed by atoms with Crippen molar-refractivity contribution >= 4 is 0 Å². The van der Waals surface area contributed by atoms with Gasteiger partial charge in [-0.3, -0.25) is 11.3 Å². The molecule has 3 unspecified atom stereocenters. The molecule has 0 aromatic heterocycles. The highest BCUT2D eigenvalue weighted by Gasteiger charge is 2.29. The molecular formula is C16H32N2. The maximum Gasteiger partial charge on any atom is 0.0241 e. The zero-order valence-electron chi connectivity index (χ0n) is 12.2. The van der Waals surface area contributed by atoms with Crippen molar-refractivity contribution < 1.29 is 0 Å². The van der Waals surface area contributed by atoms with Gasteiger partial charge in [-0.05, 0) is 37.0 Å². The van der Waals surface area contributed by atoms with Crippen molar-refractivity contribution in [1.29, 1.82) is 0 Å². The summed E-state index contributed by atoms with van der Waals surface area (Å²) in [7, 11) is 0. The number of hydrogen-bond acceptors (Lipinski definition) is 2. The maximum atomic E-state index is 5.86. The standard InChI is InChI=1S/C16H32N2/c1-2-13-9-6-10-15(11-13)16(18-17)12-14-7-4-3-5-8-14/h13-16,18H,2-12,17H2,1H3. The summed E-state index contributed by atoms with van der Waals surface area (Å²) in [5.74, 6) is 8.61. The van der Waals surface area contributed by atoms with Crippen LogP contribution in [0.2, 0.25) is 0 Å². The summed E-state index contributed by atoms with van der Waals surface area (Å²) in [5, 5.41) is 0. The molecule has 0 bridgehead atoms. The monoisotopic (exact) mass is 252 g/mol. The zero-order chi connectivity index (χ0) is 12.8. The highest BCUT2D eigenvalue weighted by molar-refractivity contribution is 4.83. The number of hydrogen-bond donors (Lipinski definition) is 2. The van der Waals surface area contributed by atoms with Gasteiger partial charge in [-0.25, -0.2) is 0 Å². The minimum atomic E-state index is 0.586. The molecule has 2 heteroatoms. The summed E-state index contributed by atoms with van der Waals surface area (Å²) in [4.78, 5) is 0. The molecule has 2 aliphatic carbocycles. The molecule has 0 aliphatic heterocycles. The molecule has 2 rings (SSSR count). The van der Waals surface area contributed by atoms with E-state index in [1.165, 1.54) is 70.6 Å². The van der Waals surface area contributed by atoms with Gasteiger partial charge in [-0.2, -0.15) is 0 Å². The van der Waals surface area contributed by atoms with Gasteiger partial charge in [0, 0.05) is 6.04 Å². The predicted octanol–water partition coefficient (Wildman–Crippen LogP) is 4.01. The summed E-state index contributed by atoms with van der Waals surface area (Å²) in [6, 6.07) is 0.586. The van der Waals surface area contributed by atoms with Gasteiger partial charge in [0.15, 0.2) is 0 Å². The molecule has 0 spiro atoms. The van der Waals surface area contributed by atoms with Crippen molar-refractivity contribution in [3.63, 3.8) is 0 Å². The Kier molecular flexibility index (Phi) is 5.97. The van der Waals surface area contributed by atoms with Crippen molar-refractivity contribution in [2.75, 3.05) is 0 Å².